The fraction of sp³-hybridized carbons (Fsp3) is 0.929. The summed E-state index contributed by atoms with van der Waals surface area (Å²) in [4.78, 5) is 16.1. The maximum absolute atomic E-state index is 11.9. The van der Waals surface area contributed by atoms with E-state index in [1.807, 2.05) is 20.8 Å². The number of epoxide rings is 1. The predicted molar refractivity (Wildman–Crippen MR) is 73.2 cm³/mol. The molecule has 0 aromatic heterocycles. The second kappa shape index (κ2) is 5.29. The van der Waals surface area contributed by atoms with E-state index in [-0.39, 0.29) is 11.7 Å². The molecule has 0 aromatic carbocycles. The Morgan fingerprint density at radius 2 is 1.84 bits per heavy atom. The Bertz CT molecular complexity index is 326. The molecule has 19 heavy (non-hydrogen) atoms. The normalized spacial score (nSPS) is 28.3. The Morgan fingerprint density at radius 1 is 1.26 bits per heavy atom. The number of rotatable bonds is 3. The summed E-state index contributed by atoms with van der Waals surface area (Å²) in [5.41, 5.74) is -0.283. The van der Waals surface area contributed by atoms with Crippen LogP contribution in [0.5, 0.6) is 0 Å². The van der Waals surface area contributed by atoms with Crippen LogP contribution in [0.4, 0.5) is 4.79 Å². The second-order valence-corrected chi connectivity index (χ2v) is 6.80. The van der Waals surface area contributed by atoms with E-state index in [1.54, 1.807) is 4.90 Å². The summed E-state index contributed by atoms with van der Waals surface area (Å²) in [5, 5.41) is 0. The lowest BCUT2D eigenvalue weighted by Crippen LogP contribution is -2.50. The summed E-state index contributed by atoms with van der Waals surface area (Å²) in [5.74, 6) is 0. The standard InChI is InChI=1S/C14H26N2O3/c1-13(2,3)19-12(17)16-9-7-15(8-10-16)6-5-14(4)11-18-14/h5-11H2,1-4H3. The molecule has 1 amide bonds. The van der Waals surface area contributed by atoms with Crippen LogP contribution in [0.1, 0.15) is 34.1 Å². The van der Waals surface area contributed by atoms with Gasteiger partial charge in [0.2, 0.25) is 0 Å². The van der Waals surface area contributed by atoms with Crippen molar-refractivity contribution in [1.82, 2.24) is 9.80 Å². The average molecular weight is 270 g/mol. The molecule has 2 aliphatic rings. The maximum atomic E-state index is 11.9. The zero-order valence-corrected chi connectivity index (χ0v) is 12.6. The van der Waals surface area contributed by atoms with Crippen LogP contribution in [0.2, 0.25) is 0 Å². The minimum Gasteiger partial charge on any atom is -0.444 e. The van der Waals surface area contributed by atoms with E-state index in [0.717, 1.165) is 45.8 Å². The molecule has 5 heteroatoms. The largest absolute Gasteiger partial charge is 0.444 e. The monoisotopic (exact) mass is 270 g/mol. The van der Waals surface area contributed by atoms with Gasteiger partial charge in [0, 0.05) is 32.7 Å². The van der Waals surface area contributed by atoms with Gasteiger partial charge in [-0.2, -0.15) is 0 Å². The number of piperazine rings is 1. The molecule has 1 unspecified atom stereocenters. The molecule has 5 nitrogen and oxygen atoms in total. The third kappa shape index (κ3) is 4.66. The first kappa shape index (κ1) is 14.6. The molecule has 2 heterocycles. The average Bonchev–Trinajstić information content (AvgIpc) is 3.04. The third-order valence-electron chi connectivity index (χ3n) is 3.62. The van der Waals surface area contributed by atoms with E-state index in [9.17, 15) is 4.79 Å². The molecule has 0 bridgehead atoms. The Kier molecular flexibility index (Phi) is 4.06. The molecular formula is C14H26N2O3. The first-order valence-corrected chi connectivity index (χ1v) is 7.12. The lowest BCUT2D eigenvalue weighted by molar-refractivity contribution is 0.0140. The number of ether oxygens (including phenoxy) is 2. The Morgan fingerprint density at radius 3 is 2.32 bits per heavy atom. The summed E-state index contributed by atoms with van der Waals surface area (Å²) in [6.45, 7) is 13.2. The highest BCUT2D eigenvalue weighted by molar-refractivity contribution is 5.68. The number of hydrogen-bond donors (Lipinski definition) is 0. The van der Waals surface area contributed by atoms with Crippen LogP contribution in [0.25, 0.3) is 0 Å². The first-order valence-electron chi connectivity index (χ1n) is 7.12. The molecule has 2 rings (SSSR count). The van der Waals surface area contributed by atoms with E-state index < -0.39 is 5.60 Å². The minimum atomic E-state index is -0.411. The van der Waals surface area contributed by atoms with Crippen molar-refractivity contribution in [2.24, 2.45) is 0 Å². The first-order chi connectivity index (χ1) is 8.77. The molecule has 0 aliphatic carbocycles. The summed E-state index contributed by atoms with van der Waals surface area (Å²) in [6, 6.07) is 0. The van der Waals surface area contributed by atoms with Gasteiger partial charge in [-0.05, 0) is 34.1 Å². The molecular weight excluding hydrogens is 244 g/mol. The zero-order valence-electron chi connectivity index (χ0n) is 12.6. The third-order valence-corrected chi connectivity index (χ3v) is 3.62. The summed E-state index contributed by atoms with van der Waals surface area (Å²) in [6.07, 6.45) is 0.893. The number of carbonyl (C=O) groups excluding carboxylic acids is 1. The van der Waals surface area contributed by atoms with Crippen molar-refractivity contribution in [3.05, 3.63) is 0 Å². The minimum absolute atomic E-state index is 0.127. The van der Waals surface area contributed by atoms with Gasteiger partial charge in [-0.1, -0.05) is 0 Å². The van der Waals surface area contributed by atoms with Crippen LogP contribution >= 0.6 is 0 Å². The van der Waals surface area contributed by atoms with E-state index in [1.165, 1.54) is 0 Å². The molecule has 0 saturated carbocycles. The van der Waals surface area contributed by atoms with Crippen molar-refractivity contribution in [2.75, 3.05) is 39.3 Å². The maximum Gasteiger partial charge on any atom is 0.410 e. The van der Waals surface area contributed by atoms with Gasteiger partial charge in [-0.25, -0.2) is 4.79 Å². The molecule has 1 atom stereocenters. The summed E-state index contributed by atoms with van der Waals surface area (Å²) < 4.78 is 10.8. The Labute approximate surface area is 115 Å². The smallest absolute Gasteiger partial charge is 0.410 e. The van der Waals surface area contributed by atoms with Gasteiger partial charge in [0.05, 0.1) is 12.2 Å². The summed E-state index contributed by atoms with van der Waals surface area (Å²) >= 11 is 0. The van der Waals surface area contributed by atoms with Crippen molar-refractivity contribution < 1.29 is 14.3 Å². The van der Waals surface area contributed by atoms with E-state index in [0.29, 0.717) is 0 Å². The van der Waals surface area contributed by atoms with E-state index >= 15 is 0 Å². The topological polar surface area (TPSA) is 45.3 Å². The van der Waals surface area contributed by atoms with Gasteiger partial charge in [0.15, 0.2) is 0 Å². The van der Waals surface area contributed by atoms with Crippen LogP contribution in [-0.2, 0) is 9.47 Å². The van der Waals surface area contributed by atoms with E-state index in [2.05, 4.69) is 11.8 Å². The molecule has 110 valence electrons. The molecule has 0 aromatic rings. The van der Waals surface area contributed by atoms with Crippen molar-refractivity contribution in [3.63, 3.8) is 0 Å². The van der Waals surface area contributed by atoms with Crippen LogP contribution in [0, 0.1) is 0 Å². The van der Waals surface area contributed by atoms with Crippen molar-refractivity contribution in [3.8, 4) is 0 Å². The van der Waals surface area contributed by atoms with Crippen molar-refractivity contribution >= 4 is 6.09 Å². The molecule has 2 saturated heterocycles. The number of carbonyl (C=O) groups is 1. The van der Waals surface area contributed by atoms with Gasteiger partial charge < -0.3 is 14.4 Å². The van der Waals surface area contributed by atoms with Crippen LogP contribution < -0.4 is 0 Å². The SMILES string of the molecule is CC(C)(C)OC(=O)N1CCN(CCC2(C)CO2)CC1. The second-order valence-electron chi connectivity index (χ2n) is 6.80. The lowest BCUT2D eigenvalue weighted by atomic mass is 10.1. The molecule has 0 N–H and O–H groups in total. The van der Waals surface area contributed by atoms with Gasteiger partial charge >= 0.3 is 6.09 Å². The van der Waals surface area contributed by atoms with Crippen molar-refractivity contribution in [2.45, 2.75) is 45.3 Å². The van der Waals surface area contributed by atoms with Crippen LogP contribution in [0.3, 0.4) is 0 Å². The number of hydrogen-bond acceptors (Lipinski definition) is 4. The van der Waals surface area contributed by atoms with Crippen LogP contribution in [-0.4, -0.2) is 66.4 Å². The molecule has 2 fully saturated rings. The van der Waals surface area contributed by atoms with Gasteiger partial charge in [-0.15, -0.1) is 0 Å². The molecule has 0 radical (unpaired) electrons. The Hall–Kier alpha value is -0.810. The summed E-state index contributed by atoms with van der Waals surface area (Å²) in [7, 11) is 0. The van der Waals surface area contributed by atoms with Crippen molar-refractivity contribution in [1.29, 1.82) is 0 Å². The fourth-order valence-electron chi connectivity index (χ4n) is 2.14. The highest BCUT2D eigenvalue weighted by Crippen LogP contribution is 2.29. The zero-order chi connectivity index (χ0) is 14.1. The van der Waals surface area contributed by atoms with Gasteiger partial charge in [-0.3, -0.25) is 4.90 Å². The lowest BCUT2D eigenvalue weighted by Gasteiger charge is -2.35. The highest BCUT2D eigenvalue weighted by atomic mass is 16.6. The van der Waals surface area contributed by atoms with E-state index in [4.69, 9.17) is 9.47 Å². The molecule has 0 spiro atoms. The van der Waals surface area contributed by atoms with Gasteiger partial charge in [0.25, 0.3) is 0 Å². The Balaban J connectivity index is 1.68. The van der Waals surface area contributed by atoms with Gasteiger partial charge in [0.1, 0.15) is 5.60 Å². The molecule has 2 aliphatic heterocycles. The quantitative estimate of drug-likeness (QED) is 0.733. The number of amides is 1. The predicted octanol–water partition coefficient (Wildman–Crippen LogP) is 1.72. The highest BCUT2D eigenvalue weighted by Gasteiger charge is 2.39. The number of nitrogens with zero attached hydrogens (tertiary/aromatic N) is 2. The van der Waals surface area contributed by atoms with Crippen LogP contribution in [0.15, 0.2) is 0 Å². The fourth-order valence-corrected chi connectivity index (χ4v) is 2.14.